The van der Waals surface area contributed by atoms with Gasteiger partial charge in [-0.3, -0.25) is 9.59 Å². The molecule has 2 unspecified atom stereocenters. The Kier molecular flexibility index (Phi) is 2.77. The van der Waals surface area contributed by atoms with E-state index < -0.39 is 5.41 Å². The normalized spacial score (nSPS) is 40.9. The second-order valence-electron chi connectivity index (χ2n) is 6.27. The van der Waals surface area contributed by atoms with Crippen LogP contribution in [0, 0.1) is 28.6 Å². The number of carbonyl (C=O) groups excluding carboxylic acids is 2. The van der Waals surface area contributed by atoms with Crippen LogP contribution in [-0.4, -0.2) is 35.8 Å². The zero-order chi connectivity index (χ0) is 13.6. The number of nitriles is 1. The van der Waals surface area contributed by atoms with Crippen molar-refractivity contribution < 1.29 is 9.59 Å². The number of amides is 2. The standard InChI is InChI=1S/C14H19N3O2/c1-9-5-14(6-9,8-15)13(19)17-4-2-3-10-11(17)7-16-12(10)18/h9-11H,2-7H2,1H3,(H,16,18). The van der Waals surface area contributed by atoms with Crippen molar-refractivity contribution in [3.63, 3.8) is 0 Å². The molecule has 19 heavy (non-hydrogen) atoms. The third kappa shape index (κ3) is 1.73. The van der Waals surface area contributed by atoms with E-state index in [2.05, 4.69) is 18.3 Å². The van der Waals surface area contributed by atoms with E-state index in [9.17, 15) is 14.9 Å². The third-order valence-corrected chi connectivity index (χ3v) is 4.88. The van der Waals surface area contributed by atoms with Crippen molar-refractivity contribution in [2.75, 3.05) is 13.1 Å². The molecule has 0 bridgehead atoms. The lowest BCUT2D eigenvalue weighted by Crippen LogP contribution is -2.56. The molecule has 2 heterocycles. The summed E-state index contributed by atoms with van der Waals surface area (Å²) in [5.74, 6) is 0.410. The monoisotopic (exact) mass is 261 g/mol. The highest BCUT2D eigenvalue weighted by Crippen LogP contribution is 2.47. The SMILES string of the molecule is CC1CC(C#N)(C(=O)N2CCCC3C(=O)NCC32)C1. The minimum atomic E-state index is -0.813. The lowest BCUT2D eigenvalue weighted by Gasteiger charge is -2.46. The number of nitrogens with one attached hydrogen (secondary N) is 1. The third-order valence-electron chi connectivity index (χ3n) is 4.88. The summed E-state index contributed by atoms with van der Waals surface area (Å²) in [6.07, 6.45) is 3.04. The number of hydrogen-bond donors (Lipinski definition) is 1. The van der Waals surface area contributed by atoms with Gasteiger partial charge in [0.15, 0.2) is 0 Å². The maximum atomic E-state index is 12.7. The van der Waals surface area contributed by atoms with Crippen LogP contribution in [0.3, 0.4) is 0 Å². The van der Waals surface area contributed by atoms with Crippen LogP contribution in [0.2, 0.25) is 0 Å². The molecule has 3 rings (SSSR count). The minimum absolute atomic E-state index is 0.0325. The van der Waals surface area contributed by atoms with Crippen molar-refractivity contribution >= 4 is 11.8 Å². The molecule has 2 atom stereocenters. The number of carbonyl (C=O) groups is 2. The molecule has 5 heteroatoms. The van der Waals surface area contributed by atoms with E-state index in [0.717, 1.165) is 12.8 Å². The molecule has 0 aromatic heterocycles. The average molecular weight is 261 g/mol. The molecule has 2 aliphatic heterocycles. The summed E-state index contributed by atoms with van der Waals surface area (Å²) in [7, 11) is 0. The Morgan fingerprint density at radius 2 is 2.26 bits per heavy atom. The highest BCUT2D eigenvalue weighted by molar-refractivity contribution is 5.89. The maximum absolute atomic E-state index is 12.7. The summed E-state index contributed by atoms with van der Waals surface area (Å²) in [6.45, 7) is 3.31. The number of hydrogen-bond acceptors (Lipinski definition) is 3. The molecule has 0 aromatic rings. The van der Waals surface area contributed by atoms with Gasteiger partial charge in [-0.05, 0) is 31.6 Å². The molecule has 1 N–H and O–H groups in total. The van der Waals surface area contributed by atoms with E-state index in [4.69, 9.17) is 0 Å². The van der Waals surface area contributed by atoms with E-state index >= 15 is 0 Å². The molecule has 3 fully saturated rings. The predicted molar refractivity (Wildman–Crippen MR) is 67.7 cm³/mol. The van der Waals surface area contributed by atoms with Gasteiger partial charge in [-0.1, -0.05) is 6.92 Å². The van der Waals surface area contributed by atoms with E-state index in [1.165, 1.54) is 0 Å². The van der Waals surface area contributed by atoms with Crippen molar-refractivity contribution in [2.24, 2.45) is 17.3 Å². The van der Waals surface area contributed by atoms with Crippen molar-refractivity contribution in [1.29, 1.82) is 5.26 Å². The Bertz CT molecular complexity index is 462. The van der Waals surface area contributed by atoms with Crippen LogP contribution in [0.15, 0.2) is 0 Å². The second kappa shape index (κ2) is 4.22. The van der Waals surface area contributed by atoms with Gasteiger partial charge in [-0.25, -0.2) is 0 Å². The van der Waals surface area contributed by atoms with Crippen molar-refractivity contribution in [2.45, 2.75) is 38.6 Å². The fourth-order valence-electron chi connectivity index (χ4n) is 3.92. The van der Waals surface area contributed by atoms with Gasteiger partial charge in [0.1, 0.15) is 5.41 Å². The van der Waals surface area contributed by atoms with E-state index in [0.29, 0.717) is 31.8 Å². The first kappa shape index (κ1) is 12.5. The number of rotatable bonds is 1. The Balaban J connectivity index is 1.80. The van der Waals surface area contributed by atoms with Gasteiger partial charge in [0.25, 0.3) is 0 Å². The first-order valence-electron chi connectivity index (χ1n) is 7.07. The molecule has 2 amide bonds. The minimum Gasteiger partial charge on any atom is -0.354 e. The summed E-state index contributed by atoms with van der Waals surface area (Å²) >= 11 is 0. The van der Waals surface area contributed by atoms with Crippen LogP contribution >= 0.6 is 0 Å². The van der Waals surface area contributed by atoms with Crippen LogP contribution in [0.25, 0.3) is 0 Å². The summed E-state index contributed by atoms with van der Waals surface area (Å²) < 4.78 is 0. The van der Waals surface area contributed by atoms with Gasteiger partial charge in [0.2, 0.25) is 11.8 Å². The van der Waals surface area contributed by atoms with E-state index in [-0.39, 0.29) is 23.8 Å². The first-order chi connectivity index (χ1) is 9.07. The van der Waals surface area contributed by atoms with Crippen molar-refractivity contribution in [1.82, 2.24) is 10.2 Å². The van der Waals surface area contributed by atoms with Crippen LogP contribution in [0.5, 0.6) is 0 Å². The molecule has 102 valence electrons. The van der Waals surface area contributed by atoms with Crippen LogP contribution in [0.4, 0.5) is 0 Å². The zero-order valence-electron chi connectivity index (χ0n) is 11.2. The largest absolute Gasteiger partial charge is 0.354 e. The average Bonchev–Trinajstić information content (AvgIpc) is 2.76. The topological polar surface area (TPSA) is 73.2 Å². The number of nitrogens with zero attached hydrogens (tertiary/aromatic N) is 2. The highest BCUT2D eigenvalue weighted by Gasteiger charge is 2.54. The van der Waals surface area contributed by atoms with Crippen molar-refractivity contribution in [3.8, 4) is 6.07 Å². The Labute approximate surface area is 112 Å². The molecule has 1 saturated carbocycles. The summed E-state index contributed by atoms with van der Waals surface area (Å²) in [6, 6.07) is 2.20. The fraction of sp³-hybridized carbons (Fsp3) is 0.786. The second-order valence-corrected chi connectivity index (χ2v) is 6.27. The Morgan fingerprint density at radius 3 is 2.89 bits per heavy atom. The van der Waals surface area contributed by atoms with Crippen LogP contribution in [0.1, 0.15) is 32.6 Å². The molecular formula is C14H19N3O2. The molecule has 2 saturated heterocycles. The maximum Gasteiger partial charge on any atom is 0.243 e. The fourth-order valence-corrected chi connectivity index (χ4v) is 3.92. The molecule has 0 aromatic carbocycles. The number of fused-ring (bicyclic) bond motifs is 1. The molecule has 1 aliphatic carbocycles. The van der Waals surface area contributed by atoms with E-state index in [1.54, 1.807) is 4.90 Å². The number of piperidine rings is 1. The summed E-state index contributed by atoms with van der Waals surface area (Å²) in [5.41, 5.74) is -0.813. The molecule has 0 radical (unpaired) electrons. The Hall–Kier alpha value is -1.57. The molecule has 0 spiro atoms. The number of likely N-dealkylation sites (tertiary alicyclic amines) is 1. The van der Waals surface area contributed by atoms with Gasteiger partial charge in [-0.15, -0.1) is 0 Å². The van der Waals surface area contributed by atoms with Gasteiger partial charge >= 0.3 is 0 Å². The predicted octanol–water partition coefficient (Wildman–Crippen LogP) is 0.663. The lowest BCUT2D eigenvalue weighted by atomic mass is 9.62. The molecule has 3 aliphatic rings. The van der Waals surface area contributed by atoms with Gasteiger partial charge in [0, 0.05) is 13.1 Å². The van der Waals surface area contributed by atoms with Gasteiger partial charge in [-0.2, -0.15) is 5.26 Å². The van der Waals surface area contributed by atoms with Crippen LogP contribution < -0.4 is 5.32 Å². The summed E-state index contributed by atoms with van der Waals surface area (Å²) in [5, 5.41) is 12.2. The lowest BCUT2D eigenvalue weighted by molar-refractivity contribution is -0.150. The Morgan fingerprint density at radius 1 is 1.53 bits per heavy atom. The molecular weight excluding hydrogens is 242 g/mol. The molecule has 5 nitrogen and oxygen atoms in total. The van der Waals surface area contributed by atoms with Gasteiger partial charge < -0.3 is 10.2 Å². The van der Waals surface area contributed by atoms with Crippen LogP contribution in [-0.2, 0) is 9.59 Å². The van der Waals surface area contributed by atoms with Crippen molar-refractivity contribution in [3.05, 3.63) is 0 Å². The van der Waals surface area contributed by atoms with Gasteiger partial charge in [0.05, 0.1) is 18.0 Å². The highest BCUT2D eigenvalue weighted by atomic mass is 16.2. The quantitative estimate of drug-likeness (QED) is 0.753. The zero-order valence-corrected chi connectivity index (χ0v) is 11.2. The summed E-state index contributed by atoms with van der Waals surface area (Å²) in [4.78, 5) is 26.2. The first-order valence-corrected chi connectivity index (χ1v) is 7.07. The van der Waals surface area contributed by atoms with E-state index in [1.807, 2.05) is 0 Å². The smallest absolute Gasteiger partial charge is 0.243 e.